The van der Waals surface area contributed by atoms with Gasteiger partial charge in [0, 0.05) is 24.9 Å². The SMILES string of the molecule is CN1[C@@H]2CC(OC(=O)C(COS(=O)(=O)O)c3ccccc3)C[C@H]1[C@@H]1O[C@@H]12. The van der Waals surface area contributed by atoms with Crippen LogP contribution in [0.4, 0.5) is 0 Å². The fourth-order valence-corrected chi connectivity index (χ4v) is 4.49. The van der Waals surface area contributed by atoms with Gasteiger partial charge in [0.25, 0.3) is 0 Å². The minimum absolute atomic E-state index is 0.234. The summed E-state index contributed by atoms with van der Waals surface area (Å²) < 4.78 is 46.4. The predicted octanol–water partition coefficient (Wildman–Crippen LogP) is 0.745. The van der Waals surface area contributed by atoms with Crippen LogP contribution in [0.2, 0.25) is 0 Å². The molecule has 2 unspecified atom stereocenters. The average Bonchev–Trinajstić information content (AvgIpc) is 3.33. The first-order valence-electron chi connectivity index (χ1n) is 8.58. The van der Waals surface area contributed by atoms with Crippen LogP contribution in [0.15, 0.2) is 30.3 Å². The lowest BCUT2D eigenvalue weighted by molar-refractivity contribution is -0.156. The first kappa shape index (κ1) is 17.9. The van der Waals surface area contributed by atoms with Gasteiger partial charge in [0.2, 0.25) is 0 Å². The molecule has 3 aliphatic rings. The molecule has 3 aliphatic heterocycles. The Balaban J connectivity index is 1.45. The molecule has 0 aliphatic carbocycles. The summed E-state index contributed by atoms with van der Waals surface area (Å²) in [6.07, 6.45) is 1.63. The number of benzene rings is 1. The molecule has 1 aromatic rings. The molecule has 1 aromatic carbocycles. The van der Waals surface area contributed by atoms with Crippen LogP contribution in [0, 0.1) is 0 Å². The summed E-state index contributed by atoms with van der Waals surface area (Å²) in [7, 11) is -2.58. The second kappa shape index (κ2) is 6.58. The van der Waals surface area contributed by atoms with Gasteiger partial charge >= 0.3 is 16.4 Å². The largest absolute Gasteiger partial charge is 0.462 e. The summed E-state index contributed by atoms with van der Waals surface area (Å²) in [5, 5.41) is 0. The van der Waals surface area contributed by atoms with Gasteiger partial charge in [-0.3, -0.25) is 14.2 Å². The van der Waals surface area contributed by atoms with E-state index in [0.717, 1.165) is 0 Å². The van der Waals surface area contributed by atoms with E-state index >= 15 is 0 Å². The van der Waals surface area contributed by atoms with Crippen molar-refractivity contribution in [1.29, 1.82) is 0 Å². The number of hydrogen-bond donors (Lipinski definition) is 1. The molecule has 26 heavy (non-hydrogen) atoms. The summed E-state index contributed by atoms with van der Waals surface area (Å²) in [5.74, 6) is -1.48. The van der Waals surface area contributed by atoms with Crippen molar-refractivity contribution in [1.82, 2.24) is 4.90 Å². The molecule has 142 valence electrons. The third-order valence-corrected chi connectivity index (χ3v) is 5.96. The molecule has 6 atom stereocenters. The second-order valence-corrected chi connectivity index (χ2v) is 8.16. The van der Waals surface area contributed by atoms with Crippen LogP contribution in [0.3, 0.4) is 0 Å². The molecule has 2 bridgehead atoms. The first-order valence-corrected chi connectivity index (χ1v) is 9.94. The summed E-state index contributed by atoms with van der Waals surface area (Å²) in [6.45, 7) is -0.504. The Kier molecular flexibility index (Phi) is 4.52. The van der Waals surface area contributed by atoms with Crippen molar-refractivity contribution in [2.24, 2.45) is 0 Å². The molecule has 3 saturated heterocycles. The van der Waals surface area contributed by atoms with Gasteiger partial charge in [0.05, 0.1) is 6.61 Å². The fraction of sp³-hybridized carbons (Fsp3) is 0.588. The zero-order valence-electron chi connectivity index (χ0n) is 14.2. The smallest absolute Gasteiger partial charge is 0.397 e. The molecule has 4 rings (SSSR count). The van der Waals surface area contributed by atoms with E-state index in [2.05, 4.69) is 16.1 Å². The number of nitrogens with zero attached hydrogens (tertiary/aromatic N) is 1. The number of piperidine rings is 1. The number of morpholine rings is 1. The number of rotatable bonds is 6. The quantitative estimate of drug-likeness (QED) is 0.436. The number of likely N-dealkylation sites (N-methyl/N-ethyl adjacent to an activating group) is 1. The Hall–Kier alpha value is -1.52. The highest BCUT2D eigenvalue weighted by Gasteiger charge is 2.62. The van der Waals surface area contributed by atoms with Crippen molar-refractivity contribution in [2.45, 2.75) is 49.2 Å². The van der Waals surface area contributed by atoms with Gasteiger partial charge < -0.3 is 9.47 Å². The standard InChI is InChI=1S/C17H21NO7S/c1-18-13-7-11(8-14(18)16-15(13)25-16)24-17(19)12(9-23-26(20,21)22)10-5-3-2-4-6-10/h2-6,11-16H,7-9H2,1H3,(H,20,21,22)/t11?,12?,13-,14+,15-,16+. The number of fused-ring (bicyclic) bond motifs is 5. The Morgan fingerprint density at radius 2 is 1.88 bits per heavy atom. The van der Waals surface area contributed by atoms with E-state index in [1.165, 1.54) is 0 Å². The van der Waals surface area contributed by atoms with Gasteiger partial charge in [-0.05, 0) is 12.6 Å². The average molecular weight is 383 g/mol. The maximum absolute atomic E-state index is 12.7. The number of carbonyl (C=O) groups is 1. The molecular weight excluding hydrogens is 362 g/mol. The van der Waals surface area contributed by atoms with Gasteiger partial charge in [-0.2, -0.15) is 8.42 Å². The maximum atomic E-state index is 12.7. The van der Waals surface area contributed by atoms with Crippen molar-refractivity contribution in [3.63, 3.8) is 0 Å². The summed E-state index contributed by atoms with van der Waals surface area (Å²) in [4.78, 5) is 15.0. The Morgan fingerprint density at radius 1 is 1.27 bits per heavy atom. The van der Waals surface area contributed by atoms with Crippen LogP contribution in [-0.2, 0) is 28.9 Å². The molecule has 3 heterocycles. The number of ether oxygens (including phenoxy) is 2. The summed E-state index contributed by atoms with van der Waals surface area (Å²) in [5.41, 5.74) is 0.572. The van der Waals surface area contributed by atoms with Gasteiger partial charge in [0.1, 0.15) is 24.2 Å². The van der Waals surface area contributed by atoms with Gasteiger partial charge in [0.15, 0.2) is 0 Å². The monoisotopic (exact) mass is 383 g/mol. The van der Waals surface area contributed by atoms with Crippen molar-refractivity contribution in [3.8, 4) is 0 Å². The Labute approximate surface area is 152 Å². The van der Waals surface area contributed by atoms with E-state index in [4.69, 9.17) is 14.0 Å². The third-order valence-electron chi connectivity index (χ3n) is 5.53. The van der Waals surface area contributed by atoms with Crippen molar-refractivity contribution >= 4 is 16.4 Å². The molecule has 0 aromatic heterocycles. The predicted molar refractivity (Wildman–Crippen MR) is 89.8 cm³/mol. The molecule has 0 amide bonds. The molecule has 9 heteroatoms. The molecule has 0 saturated carbocycles. The van der Waals surface area contributed by atoms with E-state index in [9.17, 15) is 13.2 Å². The van der Waals surface area contributed by atoms with Crippen LogP contribution in [0.5, 0.6) is 0 Å². The van der Waals surface area contributed by atoms with Crippen LogP contribution in [0.1, 0.15) is 24.3 Å². The van der Waals surface area contributed by atoms with Gasteiger partial charge in [-0.25, -0.2) is 4.18 Å². The number of hydrogen-bond acceptors (Lipinski definition) is 7. The normalized spacial score (nSPS) is 34.2. The summed E-state index contributed by atoms with van der Waals surface area (Å²) in [6, 6.07) is 9.16. The van der Waals surface area contributed by atoms with Crippen LogP contribution >= 0.6 is 0 Å². The molecule has 8 nitrogen and oxygen atoms in total. The molecule has 0 radical (unpaired) electrons. The topological polar surface area (TPSA) is 106 Å². The van der Waals surface area contributed by atoms with E-state index in [-0.39, 0.29) is 30.4 Å². The van der Waals surface area contributed by atoms with Crippen LogP contribution < -0.4 is 0 Å². The summed E-state index contributed by atoms with van der Waals surface area (Å²) >= 11 is 0. The highest BCUT2D eigenvalue weighted by atomic mass is 32.3. The maximum Gasteiger partial charge on any atom is 0.397 e. The Morgan fingerprint density at radius 3 is 2.46 bits per heavy atom. The number of esters is 1. The third kappa shape index (κ3) is 3.49. The zero-order chi connectivity index (χ0) is 18.5. The number of epoxide rings is 1. The van der Waals surface area contributed by atoms with Crippen molar-refractivity contribution < 1.29 is 31.4 Å². The number of carbonyl (C=O) groups excluding carboxylic acids is 1. The lowest BCUT2D eigenvalue weighted by Gasteiger charge is -2.38. The van der Waals surface area contributed by atoms with Crippen molar-refractivity contribution in [2.75, 3.05) is 13.7 Å². The van der Waals surface area contributed by atoms with E-state index in [0.29, 0.717) is 18.4 Å². The van der Waals surface area contributed by atoms with E-state index < -0.39 is 28.9 Å². The first-order chi connectivity index (χ1) is 12.3. The highest BCUT2D eigenvalue weighted by molar-refractivity contribution is 7.80. The molecular formula is C17H21NO7S. The molecule has 3 fully saturated rings. The van der Waals surface area contributed by atoms with Crippen LogP contribution in [0.25, 0.3) is 0 Å². The minimum atomic E-state index is -4.64. The molecule has 0 spiro atoms. The zero-order valence-corrected chi connectivity index (χ0v) is 15.0. The van der Waals surface area contributed by atoms with E-state index in [1.54, 1.807) is 30.3 Å². The highest BCUT2D eigenvalue weighted by Crippen LogP contribution is 2.48. The van der Waals surface area contributed by atoms with Crippen molar-refractivity contribution in [3.05, 3.63) is 35.9 Å². The van der Waals surface area contributed by atoms with Gasteiger partial charge in [-0.1, -0.05) is 30.3 Å². The van der Waals surface area contributed by atoms with Gasteiger partial charge in [-0.15, -0.1) is 0 Å². The minimum Gasteiger partial charge on any atom is -0.462 e. The lowest BCUT2D eigenvalue weighted by Crippen LogP contribution is -2.48. The Bertz CT molecular complexity index is 766. The second-order valence-electron chi connectivity index (χ2n) is 7.07. The molecule has 1 N–H and O–H groups in total. The van der Waals surface area contributed by atoms with E-state index in [1.807, 2.05) is 0 Å². The van der Waals surface area contributed by atoms with Crippen LogP contribution in [-0.4, -0.2) is 67.9 Å². The fourth-order valence-electron chi connectivity index (χ4n) is 4.18. The lowest BCUT2D eigenvalue weighted by atomic mass is 9.97.